The predicted octanol–water partition coefficient (Wildman–Crippen LogP) is 2.63. The minimum absolute atomic E-state index is 0.744. The second kappa shape index (κ2) is 9.88. The number of aromatic nitrogens is 1. The number of piperidine rings is 1. The van der Waals surface area contributed by atoms with Crippen LogP contribution >= 0.6 is 11.3 Å². The molecule has 130 valence electrons. The summed E-state index contributed by atoms with van der Waals surface area (Å²) in [5.74, 6) is 0.866. The summed E-state index contributed by atoms with van der Waals surface area (Å²) in [5, 5.41) is 7.87. The molecule has 2 heterocycles. The average Bonchev–Trinajstić information content (AvgIpc) is 3.04. The van der Waals surface area contributed by atoms with Crippen molar-refractivity contribution in [2.75, 3.05) is 26.7 Å². The number of nitrogens with zero attached hydrogens (tertiary/aromatic N) is 3. The van der Waals surface area contributed by atoms with Crippen LogP contribution in [0.15, 0.2) is 11.2 Å². The Morgan fingerprint density at radius 3 is 3.00 bits per heavy atom. The summed E-state index contributed by atoms with van der Waals surface area (Å²) < 4.78 is 0. The van der Waals surface area contributed by atoms with E-state index < -0.39 is 0 Å². The van der Waals surface area contributed by atoms with E-state index in [1.165, 1.54) is 37.2 Å². The molecule has 0 saturated carbocycles. The maximum absolute atomic E-state index is 4.43. The van der Waals surface area contributed by atoms with Crippen LogP contribution in [0.5, 0.6) is 0 Å². The van der Waals surface area contributed by atoms with Crippen molar-refractivity contribution in [1.82, 2.24) is 20.5 Å². The zero-order valence-electron chi connectivity index (χ0n) is 14.8. The van der Waals surface area contributed by atoms with Crippen molar-refractivity contribution >= 4 is 17.3 Å². The molecular weight excluding hydrogens is 306 g/mol. The molecule has 1 saturated heterocycles. The van der Waals surface area contributed by atoms with Crippen LogP contribution in [0.25, 0.3) is 0 Å². The van der Waals surface area contributed by atoms with Crippen molar-refractivity contribution in [2.45, 2.75) is 58.5 Å². The summed E-state index contributed by atoms with van der Waals surface area (Å²) in [6.45, 7) is 8.66. The molecule has 1 fully saturated rings. The molecule has 0 amide bonds. The molecule has 0 aliphatic carbocycles. The van der Waals surface area contributed by atoms with Gasteiger partial charge < -0.3 is 15.5 Å². The van der Waals surface area contributed by atoms with Gasteiger partial charge in [-0.1, -0.05) is 13.3 Å². The number of guanidine groups is 1. The minimum atomic E-state index is 0.744. The fraction of sp³-hybridized carbons (Fsp3) is 0.765. The van der Waals surface area contributed by atoms with Crippen molar-refractivity contribution in [1.29, 1.82) is 0 Å². The smallest absolute Gasteiger partial charge is 0.191 e. The maximum atomic E-state index is 4.43. The van der Waals surface area contributed by atoms with Gasteiger partial charge in [-0.3, -0.25) is 4.99 Å². The highest BCUT2D eigenvalue weighted by Crippen LogP contribution is 2.16. The summed E-state index contributed by atoms with van der Waals surface area (Å²) in [4.78, 5) is 12.7. The molecular formula is C17H31N5S. The lowest BCUT2D eigenvalue weighted by Gasteiger charge is -2.33. The first-order chi connectivity index (χ1) is 11.2. The Morgan fingerprint density at radius 1 is 1.43 bits per heavy atom. The van der Waals surface area contributed by atoms with Gasteiger partial charge in [0, 0.05) is 37.3 Å². The molecule has 6 heteroatoms. The van der Waals surface area contributed by atoms with Crippen LogP contribution in [0.1, 0.15) is 49.4 Å². The minimum Gasteiger partial charge on any atom is -0.356 e. The average molecular weight is 338 g/mol. The lowest BCUT2D eigenvalue weighted by molar-refractivity contribution is 0.159. The van der Waals surface area contributed by atoms with Crippen LogP contribution in [0.2, 0.25) is 0 Å². The Kier molecular flexibility index (Phi) is 7.82. The van der Waals surface area contributed by atoms with Crippen LogP contribution in [-0.4, -0.2) is 48.6 Å². The largest absolute Gasteiger partial charge is 0.356 e. The van der Waals surface area contributed by atoms with Crippen LogP contribution in [0.3, 0.4) is 0 Å². The molecule has 0 aromatic carbocycles. The Labute approximate surface area is 144 Å². The fourth-order valence-corrected chi connectivity index (χ4v) is 3.75. The zero-order chi connectivity index (χ0) is 16.5. The van der Waals surface area contributed by atoms with Crippen LogP contribution in [-0.2, 0) is 13.0 Å². The summed E-state index contributed by atoms with van der Waals surface area (Å²) >= 11 is 1.77. The van der Waals surface area contributed by atoms with Crippen molar-refractivity contribution in [3.05, 3.63) is 16.1 Å². The van der Waals surface area contributed by atoms with Gasteiger partial charge in [-0.15, -0.1) is 11.3 Å². The highest BCUT2D eigenvalue weighted by molar-refractivity contribution is 7.11. The van der Waals surface area contributed by atoms with Gasteiger partial charge in [0.15, 0.2) is 5.96 Å². The van der Waals surface area contributed by atoms with E-state index >= 15 is 0 Å². The van der Waals surface area contributed by atoms with Crippen molar-refractivity contribution in [3.63, 3.8) is 0 Å². The van der Waals surface area contributed by atoms with E-state index in [-0.39, 0.29) is 0 Å². The highest BCUT2D eigenvalue weighted by Gasteiger charge is 2.17. The first-order valence-corrected chi connectivity index (χ1v) is 9.66. The summed E-state index contributed by atoms with van der Waals surface area (Å²) in [6, 6.07) is 0.749. The third-order valence-electron chi connectivity index (χ3n) is 4.44. The number of nitrogens with one attached hydrogen (secondary N) is 2. The number of likely N-dealkylation sites (tertiary alicyclic amines) is 1. The number of aryl methyl sites for hydroxylation is 1. The third kappa shape index (κ3) is 6.11. The van der Waals surface area contributed by atoms with Crippen LogP contribution < -0.4 is 10.6 Å². The van der Waals surface area contributed by atoms with Gasteiger partial charge >= 0.3 is 0 Å². The fourth-order valence-electron chi connectivity index (χ4n) is 2.95. The van der Waals surface area contributed by atoms with Crippen molar-refractivity contribution in [2.24, 2.45) is 4.99 Å². The Bertz CT molecular complexity index is 485. The maximum Gasteiger partial charge on any atom is 0.191 e. The highest BCUT2D eigenvalue weighted by atomic mass is 32.1. The van der Waals surface area contributed by atoms with Gasteiger partial charge in [0.2, 0.25) is 0 Å². The van der Waals surface area contributed by atoms with E-state index in [2.05, 4.69) is 39.4 Å². The van der Waals surface area contributed by atoms with E-state index in [0.29, 0.717) is 0 Å². The van der Waals surface area contributed by atoms with Crippen molar-refractivity contribution < 1.29 is 0 Å². The lowest BCUT2D eigenvalue weighted by Crippen LogP contribution is -2.41. The van der Waals surface area contributed by atoms with Gasteiger partial charge in [-0.25, -0.2) is 4.98 Å². The number of thiazole rings is 1. The molecule has 0 spiro atoms. The molecule has 1 aromatic rings. The molecule has 0 radical (unpaired) electrons. The molecule has 1 atom stereocenters. The van der Waals surface area contributed by atoms with E-state index in [1.54, 1.807) is 11.3 Å². The zero-order valence-corrected chi connectivity index (χ0v) is 15.6. The van der Waals surface area contributed by atoms with E-state index in [0.717, 1.165) is 42.9 Å². The number of aliphatic imine (C=N–C) groups is 1. The summed E-state index contributed by atoms with van der Waals surface area (Å²) in [7, 11) is 1.82. The van der Waals surface area contributed by atoms with E-state index in [1.807, 2.05) is 13.2 Å². The standard InChI is InChI=1S/C17H31N5S/c1-4-15-12-20-16(23-15)13-21-17(18-3)19-9-7-11-22-10-6-5-8-14(22)2/h12,14H,4-11,13H2,1-3H3,(H2,18,19,21). The number of hydrogen-bond donors (Lipinski definition) is 2. The predicted molar refractivity (Wildman–Crippen MR) is 99.2 cm³/mol. The Hall–Kier alpha value is -1.14. The summed E-state index contributed by atoms with van der Waals surface area (Å²) in [5.41, 5.74) is 0. The monoisotopic (exact) mass is 337 g/mol. The molecule has 1 aromatic heterocycles. The van der Waals surface area contributed by atoms with Gasteiger partial charge in [-0.05, 0) is 39.2 Å². The van der Waals surface area contributed by atoms with Gasteiger partial charge in [0.05, 0.1) is 6.54 Å². The SMILES string of the molecule is CCc1cnc(CNC(=NC)NCCCN2CCCCC2C)s1. The summed E-state index contributed by atoms with van der Waals surface area (Å²) in [6.07, 6.45) is 8.28. The number of rotatable bonds is 7. The normalized spacial score (nSPS) is 19.8. The molecule has 2 rings (SSSR count). The molecule has 1 aliphatic heterocycles. The molecule has 0 bridgehead atoms. The van der Waals surface area contributed by atoms with E-state index in [4.69, 9.17) is 0 Å². The van der Waals surface area contributed by atoms with Gasteiger partial charge in [0.25, 0.3) is 0 Å². The van der Waals surface area contributed by atoms with Gasteiger partial charge in [0.1, 0.15) is 5.01 Å². The molecule has 23 heavy (non-hydrogen) atoms. The van der Waals surface area contributed by atoms with E-state index in [9.17, 15) is 0 Å². The second-order valence-corrected chi connectivity index (χ2v) is 7.36. The second-order valence-electron chi connectivity index (χ2n) is 6.16. The quantitative estimate of drug-likeness (QED) is 0.456. The first-order valence-electron chi connectivity index (χ1n) is 8.85. The molecule has 5 nitrogen and oxygen atoms in total. The first kappa shape index (κ1) is 18.2. The molecule has 1 aliphatic rings. The third-order valence-corrected chi connectivity index (χ3v) is 5.58. The Morgan fingerprint density at radius 2 is 2.30 bits per heavy atom. The van der Waals surface area contributed by atoms with Crippen LogP contribution in [0.4, 0.5) is 0 Å². The Balaban J connectivity index is 1.62. The topological polar surface area (TPSA) is 52.6 Å². The molecule has 2 N–H and O–H groups in total. The lowest BCUT2D eigenvalue weighted by atomic mass is 10.0. The molecule has 1 unspecified atom stereocenters. The number of hydrogen-bond acceptors (Lipinski definition) is 4. The van der Waals surface area contributed by atoms with Crippen molar-refractivity contribution in [3.8, 4) is 0 Å². The van der Waals surface area contributed by atoms with Crippen LogP contribution in [0, 0.1) is 0 Å². The van der Waals surface area contributed by atoms with Gasteiger partial charge in [-0.2, -0.15) is 0 Å².